The summed E-state index contributed by atoms with van der Waals surface area (Å²) in [6.45, 7) is -5.61. The maximum absolute atomic E-state index is 14.2. The first kappa shape index (κ1) is 72.2. The van der Waals surface area contributed by atoms with E-state index in [0.29, 0.717) is 0 Å². The van der Waals surface area contributed by atoms with Gasteiger partial charge in [0.1, 0.15) is 117 Å². The molecule has 0 saturated carbocycles. The van der Waals surface area contributed by atoms with Crippen LogP contribution in [0.3, 0.4) is 0 Å². The molecule has 0 spiro atoms. The summed E-state index contributed by atoms with van der Waals surface area (Å²) < 4.78 is 88.0. The van der Waals surface area contributed by atoms with Crippen LogP contribution >= 0.6 is 0 Å². The quantitative estimate of drug-likeness (QED) is 0.0214. The van der Waals surface area contributed by atoms with Crippen LogP contribution < -0.4 is 9.47 Å². The van der Waals surface area contributed by atoms with E-state index in [1.165, 1.54) is 87.0 Å². The molecule has 5 heterocycles. The highest BCUT2D eigenvalue weighted by atomic mass is 16.8. The Bertz CT molecular complexity index is 3020. The first-order valence-corrected chi connectivity index (χ1v) is 28.8. The van der Waals surface area contributed by atoms with Gasteiger partial charge < -0.3 is 148 Å². The van der Waals surface area contributed by atoms with Crippen molar-refractivity contribution in [3.63, 3.8) is 0 Å². The van der Waals surface area contributed by atoms with E-state index in [2.05, 4.69) is 0 Å². The van der Waals surface area contributed by atoms with Crippen LogP contribution in [0.15, 0.2) is 78.9 Å². The molecule has 15 N–H and O–H groups in total. The molecule has 0 aromatic heterocycles. The second-order valence-electron chi connectivity index (χ2n) is 21.7. The zero-order valence-electron chi connectivity index (χ0n) is 49.6. The Morgan fingerprint density at radius 2 is 1.02 bits per heavy atom. The monoisotopic (exact) mass is 1330 g/mol. The molecule has 514 valence electrons. The van der Waals surface area contributed by atoms with Crippen LogP contribution in [-0.4, -0.2) is 301 Å². The predicted molar refractivity (Wildman–Crippen MR) is 301 cm³/mol. The number of benzene rings is 3. The van der Waals surface area contributed by atoms with Crippen LogP contribution in [-0.2, 0) is 76.0 Å². The minimum Gasteiger partial charge on any atom is -0.504 e. The van der Waals surface area contributed by atoms with Gasteiger partial charge in [0.05, 0.1) is 46.2 Å². The SMILES string of the molecule is COc1ccc(C=CC(=O)OCC2(OC3OC(CO)C(OC(=O)C=Cc4ccc(O)c(OC)c4)C(OC4OC(COC(C)=O)C(OC5OC(CO)C(O)C(O)C5O)C(O)C4O)C3OC3OC(CO)C(O)C(O)C3O)OC(CO)C(O)C2OC(=O)c2ccccc2)cc1O. The van der Waals surface area contributed by atoms with E-state index in [0.717, 1.165) is 19.1 Å². The maximum atomic E-state index is 14.2. The molecule has 93 heavy (non-hydrogen) atoms. The molecule has 5 aliphatic heterocycles. The number of rotatable bonds is 25. The highest BCUT2D eigenvalue weighted by Gasteiger charge is 2.64. The lowest BCUT2D eigenvalue weighted by Crippen LogP contribution is -2.69. The summed E-state index contributed by atoms with van der Waals surface area (Å²) in [6, 6.07) is 15.0. The Balaban J connectivity index is 1.26. The Kier molecular flexibility index (Phi) is 25.0. The normalized spacial score (nSPS) is 36.3. The number of aliphatic hydroxyl groups is 13. The van der Waals surface area contributed by atoms with Crippen LogP contribution in [0, 0.1) is 0 Å². The maximum Gasteiger partial charge on any atom is 0.338 e. The smallest absolute Gasteiger partial charge is 0.338 e. The largest absolute Gasteiger partial charge is 0.504 e. The third kappa shape index (κ3) is 16.7. The lowest BCUT2D eigenvalue weighted by Gasteiger charge is -2.51. The van der Waals surface area contributed by atoms with Gasteiger partial charge in [0, 0.05) is 19.1 Å². The van der Waals surface area contributed by atoms with Crippen LogP contribution in [0.5, 0.6) is 23.0 Å². The van der Waals surface area contributed by atoms with E-state index in [-0.39, 0.29) is 39.7 Å². The number of aromatic hydroxyl groups is 2. The van der Waals surface area contributed by atoms with Gasteiger partial charge in [-0.1, -0.05) is 30.3 Å². The number of methoxy groups -OCH3 is 2. The minimum absolute atomic E-state index is 0.0276. The van der Waals surface area contributed by atoms with Gasteiger partial charge in [-0.15, -0.1) is 0 Å². The highest BCUT2D eigenvalue weighted by molar-refractivity contribution is 5.90. The van der Waals surface area contributed by atoms with E-state index in [1.807, 2.05) is 0 Å². The van der Waals surface area contributed by atoms with Gasteiger partial charge in [-0.3, -0.25) is 4.79 Å². The van der Waals surface area contributed by atoms with Crippen molar-refractivity contribution in [3.8, 4) is 23.0 Å². The summed E-state index contributed by atoms with van der Waals surface area (Å²) in [5.41, 5.74) is 0.301. The molecule has 0 aliphatic carbocycles. The van der Waals surface area contributed by atoms with Crippen molar-refractivity contribution in [2.24, 2.45) is 0 Å². The van der Waals surface area contributed by atoms with Gasteiger partial charge in [0.2, 0.25) is 5.79 Å². The molecule has 3 aromatic carbocycles. The van der Waals surface area contributed by atoms with Gasteiger partial charge >= 0.3 is 23.9 Å². The van der Waals surface area contributed by atoms with Crippen molar-refractivity contribution in [1.82, 2.24) is 0 Å². The Hall–Kier alpha value is -6.66. The number of phenolic OH excluding ortho intramolecular Hbond substituents is 2. The third-order valence-electron chi connectivity index (χ3n) is 15.5. The Morgan fingerprint density at radius 1 is 0.495 bits per heavy atom. The molecule has 0 bridgehead atoms. The second-order valence-corrected chi connectivity index (χ2v) is 21.7. The Labute approximate surface area is 527 Å². The first-order valence-electron chi connectivity index (χ1n) is 28.8. The molecule has 24 unspecified atom stereocenters. The van der Waals surface area contributed by atoms with E-state index in [1.54, 1.807) is 6.07 Å². The Morgan fingerprint density at radius 3 is 1.59 bits per heavy atom. The minimum atomic E-state index is -3.00. The fraction of sp³-hybridized carbons (Fsp3) is 0.559. The molecular weight excluding hydrogens is 1250 g/mol. The number of aliphatic hydroxyl groups excluding tert-OH is 13. The van der Waals surface area contributed by atoms with Crippen molar-refractivity contribution in [3.05, 3.63) is 95.6 Å². The van der Waals surface area contributed by atoms with Gasteiger partial charge in [-0.05, 0) is 59.7 Å². The van der Waals surface area contributed by atoms with Gasteiger partial charge in [0.15, 0.2) is 60.4 Å². The van der Waals surface area contributed by atoms with Crippen LogP contribution in [0.1, 0.15) is 28.4 Å². The standard InChI is InChI=1S/C59H74O34/c1-25(64)81-23-37-49(88-55-46(75)43(72)40(69)33(19-60)83-55)45(74)48(77)57(86-37)89-51-50(87-39(68)16-12-27-9-13-29(65)32(18-27)80-3)36(22-63)85-58(52(51)90-56-47(76)44(73)41(70)34(20-61)84-56)93-59(24-82-38(67)15-11-26-10-14-31(79-2)30(66)17-26)53(42(71)35(21-62)92-59)91-54(78)28-7-5-4-6-8-28/h4-18,33-37,40-53,55-58,60-63,65-66,69-77H,19-24H2,1-3H3. The number of hydrogen-bond donors (Lipinski definition) is 15. The fourth-order valence-electron chi connectivity index (χ4n) is 10.6. The zero-order valence-corrected chi connectivity index (χ0v) is 49.6. The number of hydrogen-bond acceptors (Lipinski definition) is 34. The van der Waals surface area contributed by atoms with Gasteiger partial charge in [-0.2, -0.15) is 0 Å². The molecule has 0 amide bonds. The zero-order chi connectivity index (χ0) is 67.6. The molecule has 24 atom stereocenters. The third-order valence-corrected chi connectivity index (χ3v) is 15.5. The van der Waals surface area contributed by atoms with Gasteiger partial charge in [-0.25, -0.2) is 14.4 Å². The van der Waals surface area contributed by atoms with Crippen molar-refractivity contribution in [2.45, 2.75) is 154 Å². The van der Waals surface area contributed by atoms with Gasteiger partial charge in [0.25, 0.3) is 0 Å². The van der Waals surface area contributed by atoms with Crippen molar-refractivity contribution >= 4 is 36.0 Å². The summed E-state index contributed by atoms with van der Waals surface area (Å²) in [5, 5.41) is 165. The number of carbonyl (C=O) groups is 4. The molecule has 3 aromatic rings. The second kappa shape index (κ2) is 32.2. The number of phenols is 2. The summed E-state index contributed by atoms with van der Waals surface area (Å²) in [7, 11) is 2.55. The average Bonchev–Trinajstić information content (AvgIpc) is 1.74. The molecule has 5 saturated heterocycles. The van der Waals surface area contributed by atoms with E-state index >= 15 is 0 Å². The van der Waals surface area contributed by atoms with Crippen molar-refractivity contribution in [1.29, 1.82) is 0 Å². The average molecular weight is 1330 g/mol. The van der Waals surface area contributed by atoms with Crippen LogP contribution in [0.25, 0.3) is 12.2 Å². The molecular formula is C59H74O34. The first-order chi connectivity index (χ1) is 44.4. The molecule has 8 rings (SSSR count). The summed E-state index contributed by atoms with van der Waals surface area (Å²) in [4.78, 5) is 54.5. The fourth-order valence-corrected chi connectivity index (χ4v) is 10.6. The van der Waals surface area contributed by atoms with Crippen LogP contribution in [0.2, 0.25) is 0 Å². The van der Waals surface area contributed by atoms with Crippen molar-refractivity contribution in [2.75, 3.05) is 53.9 Å². The van der Waals surface area contributed by atoms with E-state index < -0.39 is 210 Å². The summed E-state index contributed by atoms with van der Waals surface area (Å²) in [6.07, 6.45) is -45.2. The predicted octanol–water partition coefficient (Wildman–Crippen LogP) is -5.53. The molecule has 34 nitrogen and oxygen atoms in total. The molecule has 5 fully saturated rings. The lowest BCUT2D eigenvalue weighted by atomic mass is 9.95. The lowest BCUT2D eigenvalue weighted by molar-refractivity contribution is -0.423. The number of carbonyl (C=O) groups excluding carboxylic acids is 4. The summed E-state index contributed by atoms with van der Waals surface area (Å²) >= 11 is 0. The molecule has 34 heteroatoms. The summed E-state index contributed by atoms with van der Waals surface area (Å²) in [5.74, 6) is -8.26. The topological polar surface area (TPSA) is 510 Å². The van der Waals surface area contributed by atoms with E-state index in [9.17, 15) is 95.8 Å². The number of esters is 4. The van der Waals surface area contributed by atoms with E-state index in [4.69, 9.17) is 71.1 Å². The molecule has 0 radical (unpaired) electrons. The van der Waals surface area contributed by atoms with Crippen LogP contribution in [0.4, 0.5) is 0 Å². The highest BCUT2D eigenvalue weighted by Crippen LogP contribution is 2.43. The molecule has 5 aliphatic rings. The van der Waals surface area contributed by atoms with Crippen molar-refractivity contribution < 1.29 is 167 Å². The number of ether oxygens (including phenoxy) is 15.